The third kappa shape index (κ3) is 2.64. The van der Waals surface area contributed by atoms with Gasteiger partial charge in [0.25, 0.3) is 5.91 Å². The first kappa shape index (κ1) is 13.0. The molecule has 0 radical (unpaired) electrons. The number of nitrogens with one attached hydrogen (secondary N) is 1. The topological polar surface area (TPSA) is 77.0 Å². The molecule has 1 N–H and O–H groups in total. The van der Waals surface area contributed by atoms with Crippen LogP contribution in [0.3, 0.4) is 0 Å². The second kappa shape index (κ2) is 5.54. The molecular weight excluding hydrogens is 268 g/mol. The smallest absolute Gasteiger partial charge is 0.274 e. The van der Waals surface area contributed by atoms with Crippen molar-refractivity contribution in [3.8, 4) is 5.88 Å². The summed E-state index contributed by atoms with van der Waals surface area (Å²) in [4.78, 5) is 24.3. The van der Waals surface area contributed by atoms with Gasteiger partial charge in [-0.25, -0.2) is 9.97 Å². The maximum absolute atomic E-state index is 12.2. The number of amides is 1. The molecule has 0 aliphatic heterocycles. The van der Waals surface area contributed by atoms with E-state index in [4.69, 9.17) is 4.74 Å². The molecule has 0 unspecified atom stereocenters. The minimum absolute atomic E-state index is 0.231. The molecule has 0 saturated carbocycles. The zero-order valence-corrected chi connectivity index (χ0v) is 11.3. The largest absolute Gasteiger partial charge is 0.481 e. The van der Waals surface area contributed by atoms with E-state index in [1.807, 2.05) is 24.3 Å². The molecule has 0 aliphatic rings. The fourth-order valence-corrected chi connectivity index (χ4v) is 1.97. The molecule has 0 spiro atoms. The van der Waals surface area contributed by atoms with Gasteiger partial charge in [0.05, 0.1) is 18.3 Å². The van der Waals surface area contributed by atoms with Crippen LogP contribution in [-0.4, -0.2) is 28.0 Å². The van der Waals surface area contributed by atoms with Gasteiger partial charge in [-0.15, -0.1) is 0 Å². The number of para-hydroxylation sites is 1. The van der Waals surface area contributed by atoms with E-state index in [1.54, 1.807) is 12.3 Å². The van der Waals surface area contributed by atoms with E-state index in [0.29, 0.717) is 11.6 Å². The van der Waals surface area contributed by atoms with Gasteiger partial charge in [-0.05, 0) is 12.1 Å². The molecule has 1 amide bonds. The summed E-state index contributed by atoms with van der Waals surface area (Å²) in [5.74, 6) is 0.0000442. The summed E-state index contributed by atoms with van der Waals surface area (Å²) in [5, 5.41) is 3.76. The lowest BCUT2D eigenvalue weighted by atomic mass is 10.2. The quantitative estimate of drug-likeness (QED) is 0.796. The number of ether oxygens (including phenoxy) is 1. The number of hydrogen-bond donors (Lipinski definition) is 1. The summed E-state index contributed by atoms with van der Waals surface area (Å²) in [5.41, 5.74) is 1.60. The maximum atomic E-state index is 12.2. The number of fused-ring (bicyclic) bond motifs is 1. The van der Waals surface area contributed by atoms with Crippen LogP contribution in [-0.2, 0) is 0 Å². The number of benzene rings is 1. The molecule has 0 bridgehead atoms. The molecule has 0 saturated heterocycles. The predicted molar refractivity (Wildman–Crippen MR) is 78.3 cm³/mol. The van der Waals surface area contributed by atoms with E-state index in [0.717, 1.165) is 10.9 Å². The Hall–Kier alpha value is -3.02. The van der Waals surface area contributed by atoms with Gasteiger partial charge < -0.3 is 10.1 Å². The Morgan fingerprint density at radius 3 is 2.86 bits per heavy atom. The van der Waals surface area contributed by atoms with Gasteiger partial charge in [0.2, 0.25) is 5.88 Å². The first-order valence-corrected chi connectivity index (χ1v) is 6.29. The highest BCUT2D eigenvalue weighted by molar-refractivity contribution is 6.07. The number of methoxy groups -OCH3 is 1. The predicted octanol–water partition coefficient (Wildman–Crippen LogP) is 2.29. The van der Waals surface area contributed by atoms with Crippen LogP contribution in [0, 0.1) is 0 Å². The van der Waals surface area contributed by atoms with Crippen LogP contribution in [0.1, 0.15) is 10.5 Å². The number of aromatic nitrogens is 3. The van der Waals surface area contributed by atoms with Crippen LogP contribution in [0.5, 0.6) is 5.88 Å². The third-order valence-electron chi connectivity index (χ3n) is 2.96. The van der Waals surface area contributed by atoms with Crippen LogP contribution in [0.2, 0.25) is 0 Å². The van der Waals surface area contributed by atoms with Gasteiger partial charge in [-0.2, -0.15) is 0 Å². The first-order chi connectivity index (χ1) is 10.3. The third-order valence-corrected chi connectivity index (χ3v) is 2.96. The second-order valence-corrected chi connectivity index (χ2v) is 4.28. The molecule has 2 heterocycles. The lowest BCUT2D eigenvalue weighted by molar-refractivity contribution is 0.102. The van der Waals surface area contributed by atoms with E-state index in [-0.39, 0.29) is 11.6 Å². The fourth-order valence-electron chi connectivity index (χ4n) is 1.97. The Kier molecular flexibility index (Phi) is 3.42. The number of nitrogens with zero attached hydrogens (tertiary/aromatic N) is 3. The summed E-state index contributed by atoms with van der Waals surface area (Å²) in [6, 6.07) is 10.9. The summed E-state index contributed by atoms with van der Waals surface area (Å²) >= 11 is 0. The van der Waals surface area contributed by atoms with Crippen molar-refractivity contribution in [2.24, 2.45) is 0 Å². The van der Waals surface area contributed by atoms with Crippen molar-refractivity contribution in [3.63, 3.8) is 0 Å². The number of pyridine rings is 1. The Morgan fingerprint density at radius 1 is 1.14 bits per heavy atom. The van der Waals surface area contributed by atoms with Gasteiger partial charge in [0, 0.05) is 17.6 Å². The molecule has 0 fully saturated rings. The van der Waals surface area contributed by atoms with Crippen molar-refractivity contribution in [3.05, 3.63) is 54.6 Å². The normalized spacial score (nSPS) is 10.3. The summed E-state index contributed by atoms with van der Waals surface area (Å²) in [6.07, 6.45) is 2.97. The average molecular weight is 280 g/mol. The number of rotatable bonds is 3. The lowest BCUT2D eigenvalue weighted by Gasteiger charge is -2.07. The van der Waals surface area contributed by atoms with Crippen molar-refractivity contribution in [1.29, 1.82) is 0 Å². The highest BCUT2D eigenvalue weighted by Crippen LogP contribution is 2.21. The van der Waals surface area contributed by atoms with Gasteiger partial charge in [-0.1, -0.05) is 18.2 Å². The van der Waals surface area contributed by atoms with Gasteiger partial charge in [0.15, 0.2) is 0 Å². The van der Waals surface area contributed by atoms with E-state index in [2.05, 4.69) is 20.3 Å². The van der Waals surface area contributed by atoms with Crippen LogP contribution < -0.4 is 10.1 Å². The SMILES string of the molecule is COc1cc(C(=O)Nc2cccc3cccnc23)ncn1. The lowest BCUT2D eigenvalue weighted by Crippen LogP contribution is -2.14. The molecule has 2 aromatic heterocycles. The fraction of sp³-hybridized carbons (Fsp3) is 0.0667. The summed E-state index contributed by atoms with van der Waals surface area (Å²) < 4.78 is 4.98. The minimum Gasteiger partial charge on any atom is -0.481 e. The van der Waals surface area contributed by atoms with Crippen LogP contribution >= 0.6 is 0 Å². The van der Waals surface area contributed by atoms with Gasteiger partial charge >= 0.3 is 0 Å². The molecule has 1 aromatic carbocycles. The Labute approximate surface area is 120 Å². The molecule has 6 nitrogen and oxygen atoms in total. The molecule has 0 aliphatic carbocycles. The number of carbonyl (C=O) groups is 1. The zero-order valence-electron chi connectivity index (χ0n) is 11.3. The number of carbonyl (C=O) groups excluding carboxylic acids is 1. The van der Waals surface area contributed by atoms with E-state index < -0.39 is 0 Å². The maximum Gasteiger partial charge on any atom is 0.274 e. The summed E-state index contributed by atoms with van der Waals surface area (Å²) in [7, 11) is 1.48. The van der Waals surface area contributed by atoms with Crippen molar-refractivity contribution >= 4 is 22.5 Å². The van der Waals surface area contributed by atoms with Gasteiger partial charge in [0.1, 0.15) is 12.0 Å². The van der Waals surface area contributed by atoms with E-state index >= 15 is 0 Å². The minimum atomic E-state index is -0.339. The van der Waals surface area contributed by atoms with Crippen LogP contribution in [0.4, 0.5) is 5.69 Å². The van der Waals surface area contributed by atoms with Crippen LogP contribution in [0.15, 0.2) is 48.9 Å². The van der Waals surface area contributed by atoms with E-state index in [1.165, 1.54) is 19.5 Å². The van der Waals surface area contributed by atoms with Crippen LogP contribution in [0.25, 0.3) is 10.9 Å². The number of anilines is 1. The molecular formula is C15H12N4O2. The standard InChI is InChI=1S/C15H12N4O2/c1-21-13-8-12(17-9-18-13)15(20)19-11-6-2-4-10-5-3-7-16-14(10)11/h2-9H,1H3,(H,19,20). The van der Waals surface area contributed by atoms with Crippen molar-refractivity contribution in [2.45, 2.75) is 0 Å². The average Bonchev–Trinajstić information content (AvgIpc) is 2.55. The molecule has 6 heteroatoms. The highest BCUT2D eigenvalue weighted by Gasteiger charge is 2.11. The summed E-state index contributed by atoms with van der Waals surface area (Å²) in [6.45, 7) is 0. The molecule has 3 aromatic rings. The zero-order chi connectivity index (χ0) is 14.7. The van der Waals surface area contributed by atoms with Crippen molar-refractivity contribution in [1.82, 2.24) is 15.0 Å². The highest BCUT2D eigenvalue weighted by atomic mass is 16.5. The molecule has 0 atom stereocenters. The van der Waals surface area contributed by atoms with Crippen molar-refractivity contribution < 1.29 is 9.53 Å². The first-order valence-electron chi connectivity index (χ1n) is 6.29. The Balaban J connectivity index is 1.93. The second-order valence-electron chi connectivity index (χ2n) is 4.28. The Morgan fingerprint density at radius 2 is 2.00 bits per heavy atom. The van der Waals surface area contributed by atoms with E-state index in [9.17, 15) is 4.79 Å². The molecule has 21 heavy (non-hydrogen) atoms. The molecule has 104 valence electrons. The molecule has 3 rings (SSSR count). The number of hydrogen-bond acceptors (Lipinski definition) is 5. The van der Waals surface area contributed by atoms with Gasteiger partial charge in [-0.3, -0.25) is 9.78 Å². The van der Waals surface area contributed by atoms with Crippen molar-refractivity contribution in [2.75, 3.05) is 12.4 Å². The Bertz CT molecular complexity index is 799. The monoisotopic (exact) mass is 280 g/mol.